The Kier molecular flexibility index (Phi) is 5.29. The molecule has 3 heterocycles. The number of ether oxygens (including phenoxy) is 2. The Morgan fingerprint density at radius 3 is 2.47 bits per heavy atom. The van der Waals surface area contributed by atoms with Crippen molar-refractivity contribution in [3.05, 3.63) is 108 Å². The second-order valence-corrected chi connectivity index (χ2v) is 8.91. The van der Waals surface area contributed by atoms with Crippen LogP contribution in [0.3, 0.4) is 0 Å². The van der Waals surface area contributed by atoms with Gasteiger partial charge in [-0.1, -0.05) is 36.4 Å². The van der Waals surface area contributed by atoms with Crippen LogP contribution in [0.1, 0.15) is 33.3 Å². The smallest absolute Gasteiger partial charge is 0.255 e. The fourth-order valence-corrected chi connectivity index (χ4v) is 5.44. The topological polar surface area (TPSA) is 56.8 Å². The van der Waals surface area contributed by atoms with E-state index < -0.39 is 0 Å². The quantitative estimate of drug-likeness (QED) is 0.292. The van der Waals surface area contributed by atoms with Gasteiger partial charge in [0.15, 0.2) is 0 Å². The van der Waals surface area contributed by atoms with Gasteiger partial charge in [-0.15, -0.1) is 0 Å². The normalized spacial score (nSPS) is 14.9. The van der Waals surface area contributed by atoms with Crippen LogP contribution in [-0.4, -0.2) is 29.6 Å². The molecule has 6 rings (SSSR count). The van der Waals surface area contributed by atoms with Gasteiger partial charge in [-0.3, -0.25) is 4.79 Å². The van der Waals surface area contributed by atoms with Crippen LogP contribution < -0.4 is 9.47 Å². The number of methoxy groups -OCH3 is 2. The maximum atomic E-state index is 13.8. The molecule has 1 aliphatic rings. The average Bonchev–Trinajstić information content (AvgIpc) is 3.61. The molecule has 1 atom stereocenters. The van der Waals surface area contributed by atoms with E-state index >= 15 is 0 Å². The predicted octanol–water partition coefficient (Wildman–Crippen LogP) is 6.20. The van der Waals surface area contributed by atoms with Crippen LogP contribution in [0.25, 0.3) is 22.2 Å². The Morgan fingerprint density at radius 2 is 1.69 bits per heavy atom. The van der Waals surface area contributed by atoms with E-state index in [9.17, 15) is 4.79 Å². The number of furan rings is 1. The van der Waals surface area contributed by atoms with Crippen LogP contribution in [0.5, 0.6) is 11.5 Å². The van der Waals surface area contributed by atoms with Crippen molar-refractivity contribution in [2.24, 2.45) is 7.05 Å². The fourth-order valence-electron chi connectivity index (χ4n) is 5.44. The number of carbonyl (C=O) groups excluding carboxylic acids is 1. The second kappa shape index (κ2) is 8.64. The van der Waals surface area contributed by atoms with Crippen molar-refractivity contribution in [3.8, 4) is 22.8 Å². The highest BCUT2D eigenvalue weighted by atomic mass is 16.5. The molecule has 3 aromatic carbocycles. The maximum absolute atomic E-state index is 13.8. The number of para-hydroxylation sites is 1. The zero-order valence-electron chi connectivity index (χ0n) is 20.4. The summed E-state index contributed by atoms with van der Waals surface area (Å²) in [6.07, 6.45) is 1.64. The molecule has 0 aliphatic carbocycles. The molecule has 0 N–H and O–H groups in total. The van der Waals surface area contributed by atoms with Crippen LogP contribution in [0.15, 0.2) is 89.5 Å². The summed E-state index contributed by atoms with van der Waals surface area (Å²) < 4.78 is 19.2. The molecule has 0 saturated heterocycles. The summed E-state index contributed by atoms with van der Waals surface area (Å²) in [4.78, 5) is 15.7. The first-order valence-electron chi connectivity index (χ1n) is 11.8. The molecule has 6 nitrogen and oxygen atoms in total. The molecule has 180 valence electrons. The lowest BCUT2D eigenvalue weighted by atomic mass is 9.92. The molecule has 6 heteroatoms. The Morgan fingerprint density at radius 1 is 0.889 bits per heavy atom. The van der Waals surface area contributed by atoms with E-state index in [0.717, 1.165) is 50.5 Å². The monoisotopic (exact) mass is 478 g/mol. The number of aryl methyl sites for hydroxylation is 1. The third-order valence-corrected chi connectivity index (χ3v) is 7.05. The SMILES string of the molecule is COc1ccc(OC)c(-c2c([C@H]3c4ccccc4C(=O)N3Cc3ccco3)c3ccccc3n2C)c1. The highest BCUT2D eigenvalue weighted by Gasteiger charge is 2.41. The molecule has 0 radical (unpaired) electrons. The van der Waals surface area contributed by atoms with Crippen molar-refractivity contribution in [3.63, 3.8) is 0 Å². The Labute approximate surface area is 209 Å². The van der Waals surface area contributed by atoms with Gasteiger partial charge >= 0.3 is 0 Å². The number of hydrogen-bond donors (Lipinski definition) is 0. The van der Waals surface area contributed by atoms with Crippen LogP contribution in [0.4, 0.5) is 0 Å². The van der Waals surface area contributed by atoms with Gasteiger partial charge in [-0.05, 0) is 48.0 Å². The molecular formula is C30H26N2O4. The van der Waals surface area contributed by atoms with Gasteiger partial charge in [0, 0.05) is 34.6 Å². The summed E-state index contributed by atoms with van der Waals surface area (Å²) in [5.74, 6) is 2.20. The molecule has 0 bridgehead atoms. The Hall–Kier alpha value is -4.45. The largest absolute Gasteiger partial charge is 0.497 e. The second-order valence-electron chi connectivity index (χ2n) is 8.91. The van der Waals surface area contributed by atoms with Crippen molar-refractivity contribution >= 4 is 16.8 Å². The van der Waals surface area contributed by atoms with Gasteiger partial charge in [-0.25, -0.2) is 0 Å². The summed E-state index contributed by atoms with van der Waals surface area (Å²) in [6.45, 7) is 0.364. The molecule has 1 aliphatic heterocycles. The van der Waals surface area contributed by atoms with E-state index in [1.54, 1.807) is 20.5 Å². The van der Waals surface area contributed by atoms with Crippen LogP contribution >= 0.6 is 0 Å². The van der Waals surface area contributed by atoms with Gasteiger partial charge in [0.25, 0.3) is 5.91 Å². The number of aromatic nitrogens is 1. The van der Waals surface area contributed by atoms with E-state index in [-0.39, 0.29) is 11.9 Å². The number of benzene rings is 3. The van der Waals surface area contributed by atoms with Crippen LogP contribution in [0.2, 0.25) is 0 Å². The van der Waals surface area contributed by atoms with Gasteiger partial charge in [0.2, 0.25) is 0 Å². The summed E-state index contributed by atoms with van der Waals surface area (Å²) in [5, 5.41) is 1.08. The highest BCUT2D eigenvalue weighted by Crippen LogP contribution is 2.48. The van der Waals surface area contributed by atoms with E-state index in [4.69, 9.17) is 13.9 Å². The molecule has 0 saturated carbocycles. The number of carbonyl (C=O) groups is 1. The summed E-state index contributed by atoms with van der Waals surface area (Å²) in [5.41, 5.74) is 5.69. The molecule has 5 aromatic rings. The van der Waals surface area contributed by atoms with E-state index in [2.05, 4.69) is 23.7 Å². The highest BCUT2D eigenvalue weighted by molar-refractivity contribution is 6.02. The number of nitrogens with zero attached hydrogens (tertiary/aromatic N) is 2. The van der Waals surface area contributed by atoms with Crippen molar-refractivity contribution < 1.29 is 18.7 Å². The number of rotatable bonds is 6. The minimum absolute atomic E-state index is 0.0107. The van der Waals surface area contributed by atoms with E-state index in [0.29, 0.717) is 12.1 Å². The Balaban J connectivity index is 1.67. The third-order valence-electron chi connectivity index (χ3n) is 7.05. The van der Waals surface area contributed by atoms with Gasteiger partial charge in [0.1, 0.15) is 17.3 Å². The van der Waals surface area contributed by atoms with Crippen LogP contribution in [0, 0.1) is 0 Å². The third kappa shape index (κ3) is 3.29. The summed E-state index contributed by atoms with van der Waals surface area (Å²) in [6, 6.07) is 25.4. The van der Waals surface area contributed by atoms with E-state index in [1.165, 1.54) is 0 Å². The fraction of sp³-hybridized carbons (Fsp3) is 0.167. The van der Waals surface area contributed by atoms with Crippen molar-refractivity contribution in [1.29, 1.82) is 0 Å². The number of fused-ring (bicyclic) bond motifs is 2. The first kappa shape index (κ1) is 22.0. The van der Waals surface area contributed by atoms with Crippen molar-refractivity contribution in [2.75, 3.05) is 14.2 Å². The molecule has 2 aromatic heterocycles. The minimum atomic E-state index is -0.309. The molecule has 0 unspecified atom stereocenters. The lowest BCUT2D eigenvalue weighted by molar-refractivity contribution is 0.0724. The first-order chi connectivity index (χ1) is 17.6. The standard InChI is InChI=1S/C30H26N2O4/c1-31-25-13-7-6-12-23(25)27(28(31)24-17-19(34-2)14-15-26(24)35-3)29-21-10-4-5-11-22(21)30(33)32(29)18-20-9-8-16-36-20/h4-17,29H,18H2,1-3H3/t29-/m1/s1. The summed E-state index contributed by atoms with van der Waals surface area (Å²) in [7, 11) is 5.38. The van der Waals surface area contributed by atoms with Gasteiger partial charge in [-0.2, -0.15) is 0 Å². The molecule has 0 fully saturated rings. The maximum Gasteiger partial charge on any atom is 0.255 e. The molecular weight excluding hydrogens is 452 g/mol. The molecule has 1 amide bonds. The van der Waals surface area contributed by atoms with Crippen molar-refractivity contribution in [2.45, 2.75) is 12.6 Å². The van der Waals surface area contributed by atoms with Gasteiger partial charge < -0.3 is 23.4 Å². The Bertz CT molecular complexity index is 1580. The number of hydrogen-bond acceptors (Lipinski definition) is 4. The lowest BCUT2D eigenvalue weighted by Crippen LogP contribution is -2.28. The molecule has 36 heavy (non-hydrogen) atoms. The van der Waals surface area contributed by atoms with Crippen LogP contribution in [-0.2, 0) is 13.6 Å². The number of amides is 1. The van der Waals surface area contributed by atoms with Crippen molar-refractivity contribution in [1.82, 2.24) is 9.47 Å². The zero-order valence-corrected chi connectivity index (χ0v) is 20.4. The minimum Gasteiger partial charge on any atom is -0.497 e. The van der Waals surface area contributed by atoms with Gasteiger partial charge in [0.05, 0.1) is 38.8 Å². The average molecular weight is 479 g/mol. The predicted molar refractivity (Wildman–Crippen MR) is 138 cm³/mol. The zero-order chi connectivity index (χ0) is 24.8. The summed E-state index contributed by atoms with van der Waals surface area (Å²) >= 11 is 0. The first-order valence-corrected chi connectivity index (χ1v) is 11.8. The lowest BCUT2D eigenvalue weighted by Gasteiger charge is -2.26. The van der Waals surface area contributed by atoms with E-state index in [1.807, 2.05) is 71.6 Å². The molecule has 0 spiro atoms.